The monoisotopic (exact) mass is 411 g/mol. The molecule has 0 bridgehead atoms. The van der Waals surface area contributed by atoms with E-state index in [-0.39, 0.29) is 6.10 Å². The van der Waals surface area contributed by atoms with Crippen LogP contribution in [0, 0.1) is 0 Å². The van der Waals surface area contributed by atoms with Crippen molar-refractivity contribution in [3.8, 4) is 0 Å². The Balaban J connectivity index is 1.52. The maximum Gasteiger partial charge on any atom is 0.190 e. The van der Waals surface area contributed by atoms with Crippen LogP contribution < -0.4 is 0 Å². The first-order chi connectivity index (χ1) is 14.5. The number of nitrogens with zero attached hydrogens (tertiary/aromatic N) is 1. The molecule has 2 aliphatic rings. The summed E-state index contributed by atoms with van der Waals surface area (Å²) in [5.41, 5.74) is 2.04. The van der Waals surface area contributed by atoms with Gasteiger partial charge in [-0.2, -0.15) is 5.06 Å². The van der Waals surface area contributed by atoms with Crippen molar-refractivity contribution in [1.82, 2.24) is 5.06 Å². The van der Waals surface area contributed by atoms with Crippen molar-refractivity contribution >= 4 is 0 Å². The van der Waals surface area contributed by atoms with E-state index in [1.165, 1.54) is 5.06 Å². The summed E-state index contributed by atoms with van der Waals surface area (Å²) < 4.78 is 24.5. The highest BCUT2D eigenvalue weighted by Gasteiger charge is 2.57. The van der Waals surface area contributed by atoms with Crippen molar-refractivity contribution in [2.75, 3.05) is 0 Å². The van der Waals surface area contributed by atoms with Crippen LogP contribution in [0.3, 0.4) is 0 Å². The van der Waals surface area contributed by atoms with Gasteiger partial charge in [0.1, 0.15) is 18.3 Å². The van der Waals surface area contributed by atoms with E-state index in [4.69, 9.17) is 18.9 Å². The van der Waals surface area contributed by atoms with Crippen LogP contribution in [0.25, 0.3) is 0 Å². The Labute approximate surface area is 177 Å². The zero-order chi connectivity index (χ0) is 21.1. The Bertz CT molecular complexity index is 828. The van der Waals surface area contributed by atoms with E-state index in [0.717, 1.165) is 11.1 Å². The molecule has 2 aliphatic heterocycles. The zero-order valence-corrected chi connectivity index (χ0v) is 17.4. The maximum absolute atomic E-state index is 10.8. The lowest BCUT2D eigenvalue weighted by Gasteiger charge is -2.33. The summed E-state index contributed by atoms with van der Waals surface area (Å²) in [6, 6.07) is 19.2. The summed E-state index contributed by atoms with van der Waals surface area (Å²) in [4.78, 5) is 0. The molecule has 0 unspecified atom stereocenters. The Hall–Kier alpha value is -2.06. The number of ether oxygens (including phenoxy) is 4. The van der Waals surface area contributed by atoms with Crippen molar-refractivity contribution < 1.29 is 24.2 Å². The fourth-order valence-electron chi connectivity index (χ4n) is 4.04. The van der Waals surface area contributed by atoms with Crippen molar-refractivity contribution in [2.45, 2.75) is 63.4 Å². The van der Waals surface area contributed by atoms with Crippen LogP contribution in [0.5, 0.6) is 0 Å². The second-order valence-corrected chi connectivity index (χ2v) is 8.14. The summed E-state index contributed by atoms with van der Waals surface area (Å²) in [5, 5.41) is 12.1. The van der Waals surface area contributed by atoms with Crippen molar-refractivity contribution in [2.24, 2.45) is 0 Å². The molecule has 0 saturated carbocycles. The smallest absolute Gasteiger partial charge is 0.190 e. The molecule has 4 rings (SSSR count). The minimum atomic E-state index is -0.749. The molecule has 2 saturated heterocycles. The highest BCUT2D eigenvalue weighted by Crippen LogP contribution is 2.40. The highest BCUT2D eigenvalue weighted by atomic mass is 16.8. The molecule has 5 atom stereocenters. The SMILES string of the molecule is C=C[C@H]([C@@H]1O[C@@H]2OC(C)(C)O[C@@H]2[C@H]1OCc1ccccc1)N(O)Cc1ccccc1. The molecule has 160 valence electrons. The van der Waals surface area contributed by atoms with Gasteiger partial charge in [0, 0.05) is 6.54 Å². The molecule has 0 aliphatic carbocycles. The molecule has 6 heteroatoms. The predicted octanol–water partition coefficient (Wildman–Crippen LogP) is 3.89. The second kappa shape index (κ2) is 8.98. The van der Waals surface area contributed by atoms with Gasteiger partial charge in [-0.1, -0.05) is 66.7 Å². The minimum absolute atomic E-state index is 0.339. The molecule has 2 aromatic rings. The lowest BCUT2D eigenvalue weighted by atomic mass is 10.0. The maximum atomic E-state index is 10.8. The van der Waals surface area contributed by atoms with Gasteiger partial charge in [-0.15, -0.1) is 6.58 Å². The van der Waals surface area contributed by atoms with E-state index in [1.54, 1.807) is 6.08 Å². The van der Waals surface area contributed by atoms with Crippen LogP contribution in [-0.2, 0) is 32.1 Å². The van der Waals surface area contributed by atoms with Gasteiger partial charge in [-0.05, 0) is 25.0 Å². The summed E-state index contributed by atoms with van der Waals surface area (Å²) in [6.45, 7) is 8.39. The third-order valence-electron chi connectivity index (χ3n) is 5.42. The standard InChI is InChI=1S/C24H29NO5/c1-4-19(25(26)15-17-11-7-5-8-12-17)20-21(27-16-18-13-9-6-10-14-18)22-23(28-20)30-24(2,3)29-22/h4-14,19-23,26H,1,15-16H2,2-3H3/t19-,20+,21+,22-,23-/m1/s1. The predicted molar refractivity (Wildman–Crippen MR) is 111 cm³/mol. The van der Waals surface area contributed by atoms with Gasteiger partial charge in [-0.25, -0.2) is 0 Å². The first-order valence-corrected chi connectivity index (χ1v) is 10.3. The molecular weight excluding hydrogens is 382 g/mol. The minimum Gasteiger partial charge on any atom is -0.368 e. The number of benzene rings is 2. The third kappa shape index (κ3) is 4.64. The van der Waals surface area contributed by atoms with E-state index in [0.29, 0.717) is 13.2 Å². The number of fused-ring (bicyclic) bond motifs is 1. The average molecular weight is 411 g/mol. The van der Waals surface area contributed by atoms with Gasteiger partial charge < -0.3 is 24.2 Å². The molecule has 2 heterocycles. The molecule has 0 spiro atoms. The molecule has 0 aromatic heterocycles. The van der Waals surface area contributed by atoms with Gasteiger partial charge in [0.15, 0.2) is 12.1 Å². The molecular formula is C24H29NO5. The van der Waals surface area contributed by atoms with E-state index >= 15 is 0 Å². The zero-order valence-electron chi connectivity index (χ0n) is 17.4. The number of hydrogen-bond donors (Lipinski definition) is 1. The quantitative estimate of drug-likeness (QED) is 0.525. The van der Waals surface area contributed by atoms with Gasteiger partial charge in [-0.3, -0.25) is 0 Å². The topological polar surface area (TPSA) is 60.4 Å². The highest BCUT2D eigenvalue weighted by molar-refractivity contribution is 5.16. The average Bonchev–Trinajstić information content (AvgIpc) is 3.20. The molecule has 0 radical (unpaired) electrons. The lowest BCUT2D eigenvalue weighted by molar-refractivity contribution is -0.239. The second-order valence-electron chi connectivity index (χ2n) is 8.14. The molecule has 2 aromatic carbocycles. The third-order valence-corrected chi connectivity index (χ3v) is 5.42. The van der Waals surface area contributed by atoms with E-state index in [9.17, 15) is 5.21 Å². The van der Waals surface area contributed by atoms with Crippen LogP contribution in [0.15, 0.2) is 73.3 Å². The van der Waals surface area contributed by atoms with Crippen LogP contribution in [0.1, 0.15) is 25.0 Å². The Morgan fingerprint density at radius 2 is 1.70 bits per heavy atom. The molecule has 6 nitrogen and oxygen atoms in total. The van der Waals surface area contributed by atoms with Gasteiger partial charge in [0.2, 0.25) is 0 Å². The molecule has 2 fully saturated rings. The molecule has 1 N–H and O–H groups in total. The summed E-state index contributed by atoms with van der Waals surface area (Å²) in [6.07, 6.45) is -0.186. The van der Waals surface area contributed by atoms with Crippen LogP contribution in [-0.4, -0.2) is 46.7 Å². The first-order valence-electron chi connectivity index (χ1n) is 10.3. The van der Waals surface area contributed by atoms with Crippen LogP contribution >= 0.6 is 0 Å². The van der Waals surface area contributed by atoms with Crippen molar-refractivity contribution in [3.05, 3.63) is 84.4 Å². The van der Waals surface area contributed by atoms with Crippen LogP contribution in [0.2, 0.25) is 0 Å². The van der Waals surface area contributed by atoms with Gasteiger partial charge >= 0.3 is 0 Å². The largest absolute Gasteiger partial charge is 0.368 e. The lowest BCUT2D eigenvalue weighted by Crippen LogP contribution is -2.48. The Morgan fingerprint density at radius 1 is 1.07 bits per heavy atom. The summed E-state index contributed by atoms with van der Waals surface area (Å²) in [7, 11) is 0. The molecule has 0 amide bonds. The Kier molecular flexibility index (Phi) is 6.34. The molecule has 30 heavy (non-hydrogen) atoms. The van der Waals surface area contributed by atoms with Crippen molar-refractivity contribution in [1.29, 1.82) is 0 Å². The number of hydrogen-bond acceptors (Lipinski definition) is 6. The van der Waals surface area contributed by atoms with E-state index < -0.39 is 30.3 Å². The Morgan fingerprint density at radius 3 is 2.33 bits per heavy atom. The van der Waals surface area contributed by atoms with E-state index in [2.05, 4.69) is 6.58 Å². The number of hydroxylamine groups is 2. The normalized spacial score (nSPS) is 28.4. The summed E-state index contributed by atoms with van der Waals surface area (Å²) in [5.74, 6) is -0.749. The first kappa shape index (κ1) is 21.2. The van der Waals surface area contributed by atoms with E-state index in [1.807, 2.05) is 74.5 Å². The fraction of sp³-hybridized carbons (Fsp3) is 0.417. The van der Waals surface area contributed by atoms with Crippen molar-refractivity contribution in [3.63, 3.8) is 0 Å². The summed E-state index contributed by atoms with van der Waals surface area (Å²) >= 11 is 0. The van der Waals surface area contributed by atoms with Crippen LogP contribution in [0.4, 0.5) is 0 Å². The van der Waals surface area contributed by atoms with Gasteiger partial charge in [0.05, 0.1) is 12.6 Å². The van der Waals surface area contributed by atoms with Gasteiger partial charge in [0.25, 0.3) is 0 Å². The fourth-order valence-corrected chi connectivity index (χ4v) is 4.04. The number of rotatable bonds is 8.